The monoisotopic (exact) mass is 311 g/mol. The highest BCUT2D eigenvalue weighted by molar-refractivity contribution is 5.57. The number of anilines is 2. The Hall–Kier alpha value is -3.27. The van der Waals surface area contributed by atoms with E-state index in [0.717, 1.165) is 23.8 Å². The second-order valence-electron chi connectivity index (χ2n) is 4.96. The molecule has 0 unspecified atom stereocenters. The van der Waals surface area contributed by atoms with Gasteiger partial charge in [-0.3, -0.25) is 0 Å². The predicted octanol–water partition coefficient (Wildman–Crippen LogP) is 3.47. The van der Waals surface area contributed by atoms with Gasteiger partial charge in [0.25, 0.3) is 0 Å². The predicted molar refractivity (Wildman–Crippen MR) is 80.5 cm³/mol. The molecule has 1 heterocycles. The lowest BCUT2D eigenvalue weighted by molar-refractivity contribution is 0.580. The number of benzene rings is 2. The highest BCUT2D eigenvalue weighted by atomic mass is 19.1. The number of rotatable bonds is 3. The molecule has 3 rings (SSSR count). The topological polar surface area (TPSA) is 66.5 Å². The van der Waals surface area contributed by atoms with Crippen molar-refractivity contribution in [2.75, 3.05) is 5.32 Å². The lowest BCUT2D eigenvalue weighted by Gasteiger charge is -2.04. The Balaban J connectivity index is 1.88. The largest absolute Gasteiger partial charge is 0.323 e. The smallest absolute Gasteiger partial charge is 0.246 e. The van der Waals surface area contributed by atoms with Gasteiger partial charge >= 0.3 is 0 Å². The molecule has 0 fully saturated rings. The van der Waals surface area contributed by atoms with Crippen LogP contribution in [0.15, 0.2) is 42.7 Å². The van der Waals surface area contributed by atoms with Gasteiger partial charge in [-0.1, -0.05) is 0 Å². The molecule has 3 aromatic rings. The molecule has 0 radical (unpaired) electrons. The Labute approximate surface area is 130 Å². The molecule has 7 heteroatoms. The van der Waals surface area contributed by atoms with Crippen LogP contribution in [-0.2, 0) is 0 Å². The van der Waals surface area contributed by atoms with Crippen LogP contribution >= 0.6 is 0 Å². The van der Waals surface area contributed by atoms with Gasteiger partial charge in [-0.05, 0) is 42.8 Å². The van der Waals surface area contributed by atoms with Gasteiger partial charge in [-0.25, -0.2) is 13.5 Å². The van der Waals surface area contributed by atoms with Crippen LogP contribution in [0, 0.1) is 29.9 Å². The Bertz CT molecular complexity index is 891. The second kappa shape index (κ2) is 5.85. The van der Waals surface area contributed by atoms with E-state index in [0.29, 0.717) is 11.3 Å². The Morgan fingerprint density at radius 1 is 1.09 bits per heavy atom. The highest BCUT2D eigenvalue weighted by Crippen LogP contribution is 2.18. The molecule has 2 aromatic carbocycles. The maximum atomic E-state index is 13.2. The Morgan fingerprint density at radius 3 is 2.52 bits per heavy atom. The molecular formula is C16H11F2N5. The molecule has 23 heavy (non-hydrogen) atoms. The minimum Gasteiger partial charge on any atom is -0.323 e. The fourth-order valence-electron chi connectivity index (χ4n) is 2.17. The number of nitrogens with one attached hydrogen (secondary N) is 1. The van der Waals surface area contributed by atoms with Crippen LogP contribution in [-0.4, -0.2) is 14.8 Å². The average Bonchev–Trinajstić information content (AvgIpc) is 2.94. The van der Waals surface area contributed by atoms with Gasteiger partial charge in [-0.15, -0.1) is 5.10 Å². The van der Waals surface area contributed by atoms with Crippen LogP contribution < -0.4 is 5.32 Å². The molecule has 0 aliphatic rings. The molecule has 0 aliphatic carbocycles. The summed E-state index contributed by atoms with van der Waals surface area (Å²) < 4.78 is 27.8. The van der Waals surface area contributed by atoms with E-state index in [1.165, 1.54) is 11.0 Å². The number of aryl methyl sites for hydroxylation is 1. The maximum absolute atomic E-state index is 13.2. The molecule has 0 bridgehead atoms. The van der Waals surface area contributed by atoms with Crippen LogP contribution in [0.25, 0.3) is 5.69 Å². The third kappa shape index (κ3) is 3.32. The number of hydrogen-bond donors (Lipinski definition) is 1. The van der Waals surface area contributed by atoms with Crippen molar-refractivity contribution in [3.05, 3.63) is 65.5 Å². The van der Waals surface area contributed by atoms with Crippen LogP contribution in [0.3, 0.4) is 0 Å². The summed E-state index contributed by atoms with van der Waals surface area (Å²) in [6.07, 6.45) is 1.34. The van der Waals surface area contributed by atoms with Crippen LogP contribution in [0.2, 0.25) is 0 Å². The average molecular weight is 311 g/mol. The third-order valence-electron chi connectivity index (χ3n) is 3.07. The standard InChI is InChI=1S/C16H11F2N5/c1-10-2-11(8-19)4-14(3-10)21-16-20-9-23(22-16)15-6-12(17)5-13(18)7-15/h2-7,9H,1H3,(H,21,22). The Kier molecular flexibility index (Phi) is 3.73. The molecule has 0 atom stereocenters. The van der Waals surface area contributed by atoms with Gasteiger partial charge in [0.1, 0.15) is 18.0 Å². The summed E-state index contributed by atoms with van der Waals surface area (Å²) in [5.41, 5.74) is 2.31. The quantitative estimate of drug-likeness (QED) is 0.804. The lowest BCUT2D eigenvalue weighted by atomic mass is 10.1. The van der Waals surface area contributed by atoms with E-state index in [1.807, 2.05) is 13.0 Å². The summed E-state index contributed by atoms with van der Waals surface area (Å²) in [6, 6.07) is 10.4. The molecule has 0 amide bonds. The van der Waals surface area contributed by atoms with Gasteiger partial charge in [0.2, 0.25) is 5.95 Å². The number of nitrogens with zero attached hydrogens (tertiary/aromatic N) is 4. The molecule has 0 saturated heterocycles. The minimum atomic E-state index is -0.692. The molecule has 114 valence electrons. The van der Waals surface area contributed by atoms with Gasteiger partial charge in [0.15, 0.2) is 0 Å². The number of hydrogen-bond acceptors (Lipinski definition) is 4. The van der Waals surface area contributed by atoms with E-state index in [2.05, 4.69) is 21.5 Å². The van der Waals surface area contributed by atoms with Crippen molar-refractivity contribution >= 4 is 11.6 Å². The van der Waals surface area contributed by atoms with Gasteiger partial charge in [0.05, 0.1) is 17.3 Å². The van der Waals surface area contributed by atoms with E-state index in [1.54, 1.807) is 12.1 Å². The SMILES string of the molecule is Cc1cc(C#N)cc(Nc2ncn(-c3cc(F)cc(F)c3)n2)c1. The van der Waals surface area contributed by atoms with Crippen LogP contribution in [0.5, 0.6) is 0 Å². The van der Waals surface area contributed by atoms with E-state index in [4.69, 9.17) is 5.26 Å². The first-order valence-corrected chi connectivity index (χ1v) is 6.70. The van der Waals surface area contributed by atoms with Crippen LogP contribution in [0.1, 0.15) is 11.1 Å². The summed E-state index contributed by atoms with van der Waals surface area (Å²) >= 11 is 0. The van der Waals surface area contributed by atoms with Crippen molar-refractivity contribution < 1.29 is 8.78 Å². The first kappa shape index (κ1) is 14.7. The normalized spacial score (nSPS) is 10.3. The minimum absolute atomic E-state index is 0.227. The molecule has 0 spiro atoms. The van der Waals surface area contributed by atoms with Crippen LogP contribution in [0.4, 0.5) is 20.4 Å². The fraction of sp³-hybridized carbons (Fsp3) is 0.0625. The van der Waals surface area contributed by atoms with Gasteiger partial charge in [-0.2, -0.15) is 10.2 Å². The fourth-order valence-corrected chi connectivity index (χ4v) is 2.17. The van der Waals surface area contributed by atoms with Gasteiger partial charge < -0.3 is 5.32 Å². The molecule has 1 aromatic heterocycles. The second-order valence-corrected chi connectivity index (χ2v) is 4.96. The van der Waals surface area contributed by atoms with Crippen molar-refractivity contribution in [2.45, 2.75) is 6.92 Å². The van der Waals surface area contributed by atoms with Crippen molar-refractivity contribution in [1.82, 2.24) is 14.8 Å². The molecule has 1 N–H and O–H groups in total. The van der Waals surface area contributed by atoms with Crippen molar-refractivity contribution in [2.24, 2.45) is 0 Å². The maximum Gasteiger partial charge on any atom is 0.246 e. The summed E-state index contributed by atoms with van der Waals surface area (Å²) in [5.74, 6) is -1.13. The van der Waals surface area contributed by atoms with Crippen molar-refractivity contribution in [3.8, 4) is 11.8 Å². The van der Waals surface area contributed by atoms with Gasteiger partial charge in [0, 0.05) is 11.8 Å². The zero-order valence-electron chi connectivity index (χ0n) is 12.1. The van der Waals surface area contributed by atoms with E-state index in [-0.39, 0.29) is 11.6 Å². The first-order valence-electron chi connectivity index (χ1n) is 6.70. The first-order chi connectivity index (χ1) is 11.0. The highest BCUT2D eigenvalue weighted by Gasteiger charge is 2.07. The molecule has 5 nitrogen and oxygen atoms in total. The molecule has 0 aliphatic heterocycles. The van der Waals surface area contributed by atoms with E-state index in [9.17, 15) is 8.78 Å². The molecule has 0 saturated carbocycles. The van der Waals surface area contributed by atoms with Crippen molar-refractivity contribution in [1.29, 1.82) is 5.26 Å². The van der Waals surface area contributed by atoms with E-state index < -0.39 is 11.6 Å². The zero-order chi connectivity index (χ0) is 16.4. The number of nitriles is 1. The summed E-state index contributed by atoms with van der Waals surface area (Å²) in [5, 5.41) is 16.1. The lowest BCUT2D eigenvalue weighted by Crippen LogP contribution is -1.99. The number of halogens is 2. The van der Waals surface area contributed by atoms with E-state index >= 15 is 0 Å². The summed E-state index contributed by atoms with van der Waals surface area (Å²) in [6.45, 7) is 1.87. The molecular weight excluding hydrogens is 300 g/mol. The third-order valence-corrected chi connectivity index (χ3v) is 3.07. The zero-order valence-corrected chi connectivity index (χ0v) is 12.1. The Morgan fingerprint density at radius 2 is 1.83 bits per heavy atom. The van der Waals surface area contributed by atoms with Crippen molar-refractivity contribution in [3.63, 3.8) is 0 Å². The number of aromatic nitrogens is 3. The summed E-state index contributed by atoms with van der Waals surface area (Å²) in [7, 11) is 0. The summed E-state index contributed by atoms with van der Waals surface area (Å²) in [4.78, 5) is 4.05.